The Labute approximate surface area is 125 Å². The summed E-state index contributed by atoms with van der Waals surface area (Å²) >= 11 is 0. The fourth-order valence-corrected chi connectivity index (χ4v) is 3.14. The zero-order valence-corrected chi connectivity index (χ0v) is 14.0. The molecule has 0 bridgehead atoms. The molecule has 0 radical (unpaired) electrons. The summed E-state index contributed by atoms with van der Waals surface area (Å²) in [4.78, 5) is 2.70. The van der Waals surface area contributed by atoms with Crippen LogP contribution in [0.2, 0.25) is 0 Å². The van der Waals surface area contributed by atoms with Gasteiger partial charge in [0.2, 0.25) is 0 Å². The van der Waals surface area contributed by atoms with Gasteiger partial charge in [0.1, 0.15) is 0 Å². The van der Waals surface area contributed by atoms with Crippen LogP contribution in [0.1, 0.15) is 53.4 Å². The number of hydrogen-bond donors (Lipinski definition) is 1. The zero-order chi connectivity index (χ0) is 14.6. The Bertz CT molecular complexity index is 291. The number of ether oxygens (including phenoxy) is 1. The van der Waals surface area contributed by atoms with Crippen molar-refractivity contribution in [1.29, 1.82) is 0 Å². The van der Waals surface area contributed by atoms with Crippen molar-refractivity contribution in [3.8, 4) is 0 Å². The molecule has 118 valence electrons. The minimum absolute atomic E-state index is 0.292. The summed E-state index contributed by atoms with van der Waals surface area (Å²) in [5.41, 5.74) is 0.292. The van der Waals surface area contributed by atoms with E-state index in [1.54, 1.807) is 0 Å². The van der Waals surface area contributed by atoms with Gasteiger partial charge in [0, 0.05) is 44.4 Å². The molecule has 2 fully saturated rings. The van der Waals surface area contributed by atoms with Gasteiger partial charge in [-0.25, -0.2) is 0 Å². The molecule has 20 heavy (non-hydrogen) atoms. The monoisotopic (exact) mass is 282 g/mol. The van der Waals surface area contributed by atoms with Gasteiger partial charge in [-0.05, 0) is 44.4 Å². The van der Waals surface area contributed by atoms with Gasteiger partial charge >= 0.3 is 0 Å². The molecule has 1 saturated carbocycles. The molecule has 1 aliphatic heterocycles. The summed E-state index contributed by atoms with van der Waals surface area (Å²) in [7, 11) is 0. The maximum Gasteiger partial charge on any atom is 0.0494 e. The van der Waals surface area contributed by atoms with Crippen molar-refractivity contribution in [2.75, 3.05) is 32.8 Å². The molecule has 2 unspecified atom stereocenters. The maximum absolute atomic E-state index is 5.78. The number of nitrogens with zero attached hydrogens (tertiary/aromatic N) is 1. The van der Waals surface area contributed by atoms with E-state index in [-0.39, 0.29) is 0 Å². The molecule has 1 aliphatic carbocycles. The normalized spacial score (nSPS) is 31.9. The summed E-state index contributed by atoms with van der Waals surface area (Å²) in [6, 6.07) is 0.679. The SMILES string of the molecule is CCC1(C)CN(CCCOCC2CC2)C(C(C)C)CN1. The third-order valence-electron chi connectivity index (χ3n) is 5.09. The maximum atomic E-state index is 5.78. The van der Waals surface area contributed by atoms with Crippen LogP contribution in [0.4, 0.5) is 0 Å². The number of piperazine rings is 1. The second-order valence-electron chi connectivity index (χ2n) is 7.45. The topological polar surface area (TPSA) is 24.5 Å². The molecule has 1 N–H and O–H groups in total. The fraction of sp³-hybridized carbons (Fsp3) is 1.00. The second kappa shape index (κ2) is 7.24. The molecule has 0 aromatic heterocycles. The number of rotatable bonds is 8. The minimum atomic E-state index is 0.292. The van der Waals surface area contributed by atoms with Crippen LogP contribution in [0, 0.1) is 11.8 Å². The van der Waals surface area contributed by atoms with Crippen molar-refractivity contribution in [3.63, 3.8) is 0 Å². The first-order valence-electron chi connectivity index (χ1n) is 8.61. The Morgan fingerprint density at radius 1 is 1.35 bits per heavy atom. The summed E-state index contributed by atoms with van der Waals surface area (Å²) in [5, 5.41) is 3.76. The molecular formula is C17H34N2O. The molecule has 2 aliphatic rings. The molecule has 0 amide bonds. The van der Waals surface area contributed by atoms with Gasteiger partial charge in [0.05, 0.1) is 0 Å². The number of nitrogens with one attached hydrogen (secondary N) is 1. The van der Waals surface area contributed by atoms with Crippen molar-refractivity contribution in [2.24, 2.45) is 11.8 Å². The minimum Gasteiger partial charge on any atom is -0.381 e. The molecule has 3 heteroatoms. The van der Waals surface area contributed by atoms with E-state index in [1.807, 2.05) is 0 Å². The lowest BCUT2D eigenvalue weighted by Crippen LogP contribution is -2.64. The zero-order valence-electron chi connectivity index (χ0n) is 14.0. The third kappa shape index (κ3) is 4.71. The molecule has 0 aromatic carbocycles. The van der Waals surface area contributed by atoms with E-state index in [9.17, 15) is 0 Å². The highest BCUT2D eigenvalue weighted by Crippen LogP contribution is 2.28. The molecule has 1 heterocycles. The van der Waals surface area contributed by atoms with Crippen molar-refractivity contribution in [2.45, 2.75) is 65.0 Å². The highest BCUT2D eigenvalue weighted by Gasteiger charge is 2.35. The van der Waals surface area contributed by atoms with E-state index in [0.29, 0.717) is 11.6 Å². The van der Waals surface area contributed by atoms with Crippen molar-refractivity contribution in [1.82, 2.24) is 10.2 Å². The average molecular weight is 282 g/mol. The highest BCUT2D eigenvalue weighted by atomic mass is 16.5. The van der Waals surface area contributed by atoms with E-state index >= 15 is 0 Å². The smallest absolute Gasteiger partial charge is 0.0494 e. The predicted molar refractivity (Wildman–Crippen MR) is 85.1 cm³/mol. The molecule has 0 spiro atoms. The van der Waals surface area contributed by atoms with E-state index in [4.69, 9.17) is 4.74 Å². The Kier molecular flexibility index (Phi) is 5.88. The summed E-state index contributed by atoms with van der Waals surface area (Å²) in [6.07, 6.45) is 5.16. The summed E-state index contributed by atoms with van der Waals surface area (Å²) < 4.78 is 5.78. The lowest BCUT2D eigenvalue weighted by atomic mass is 9.90. The van der Waals surface area contributed by atoms with Crippen molar-refractivity contribution >= 4 is 0 Å². The van der Waals surface area contributed by atoms with Gasteiger partial charge in [-0.15, -0.1) is 0 Å². The van der Waals surface area contributed by atoms with E-state index in [0.717, 1.165) is 31.6 Å². The summed E-state index contributed by atoms with van der Waals surface area (Å²) in [5.74, 6) is 1.61. The largest absolute Gasteiger partial charge is 0.381 e. The van der Waals surface area contributed by atoms with Gasteiger partial charge in [-0.1, -0.05) is 20.8 Å². The summed E-state index contributed by atoms with van der Waals surface area (Å²) in [6.45, 7) is 14.8. The predicted octanol–water partition coefficient (Wildman–Crippen LogP) is 2.90. The number of hydrogen-bond acceptors (Lipinski definition) is 3. The highest BCUT2D eigenvalue weighted by molar-refractivity contribution is 4.95. The molecule has 3 nitrogen and oxygen atoms in total. The fourth-order valence-electron chi connectivity index (χ4n) is 3.14. The van der Waals surface area contributed by atoms with Crippen LogP contribution < -0.4 is 5.32 Å². The molecular weight excluding hydrogens is 248 g/mol. The van der Waals surface area contributed by atoms with E-state index < -0.39 is 0 Å². The van der Waals surface area contributed by atoms with Crippen LogP contribution in [0.25, 0.3) is 0 Å². The molecule has 2 atom stereocenters. The van der Waals surface area contributed by atoms with Crippen LogP contribution in [0.15, 0.2) is 0 Å². The third-order valence-corrected chi connectivity index (χ3v) is 5.09. The Hall–Kier alpha value is -0.120. The lowest BCUT2D eigenvalue weighted by molar-refractivity contribution is 0.0464. The van der Waals surface area contributed by atoms with E-state index in [1.165, 1.54) is 38.8 Å². The van der Waals surface area contributed by atoms with Crippen LogP contribution in [-0.2, 0) is 4.74 Å². The van der Waals surface area contributed by atoms with Crippen LogP contribution >= 0.6 is 0 Å². The molecule has 0 aromatic rings. The van der Waals surface area contributed by atoms with Gasteiger partial charge in [-0.3, -0.25) is 4.90 Å². The van der Waals surface area contributed by atoms with E-state index in [2.05, 4.69) is 37.9 Å². The first kappa shape index (κ1) is 16.3. The van der Waals surface area contributed by atoms with Gasteiger partial charge < -0.3 is 10.1 Å². The Balaban J connectivity index is 1.73. The van der Waals surface area contributed by atoms with Crippen molar-refractivity contribution in [3.05, 3.63) is 0 Å². The van der Waals surface area contributed by atoms with Gasteiger partial charge in [0.25, 0.3) is 0 Å². The average Bonchev–Trinajstić information content (AvgIpc) is 3.22. The van der Waals surface area contributed by atoms with Crippen LogP contribution in [0.5, 0.6) is 0 Å². The Morgan fingerprint density at radius 3 is 2.70 bits per heavy atom. The van der Waals surface area contributed by atoms with Crippen molar-refractivity contribution < 1.29 is 4.74 Å². The molecule has 1 saturated heterocycles. The second-order valence-corrected chi connectivity index (χ2v) is 7.45. The van der Waals surface area contributed by atoms with Crippen LogP contribution in [0.3, 0.4) is 0 Å². The van der Waals surface area contributed by atoms with Gasteiger partial charge in [-0.2, -0.15) is 0 Å². The van der Waals surface area contributed by atoms with Gasteiger partial charge in [0.15, 0.2) is 0 Å². The first-order chi connectivity index (χ1) is 9.54. The lowest BCUT2D eigenvalue weighted by Gasteiger charge is -2.47. The Morgan fingerprint density at radius 2 is 2.10 bits per heavy atom. The first-order valence-corrected chi connectivity index (χ1v) is 8.61. The standard InChI is InChI=1S/C17H34N2O/c1-5-17(4)13-19(16(11-18-17)14(2)3)9-6-10-20-12-15-7-8-15/h14-16,18H,5-13H2,1-4H3. The quantitative estimate of drug-likeness (QED) is 0.693. The van der Waals surface area contributed by atoms with Crippen LogP contribution in [-0.4, -0.2) is 49.3 Å². The molecule has 2 rings (SSSR count).